The van der Waals surface area contributed by atoms with E-state index < -0.39 is 0 Å². The van der Waals surface area contributed by atoms with Crippen molar-refractivity contribution in [2.75, 3.05) is 0 Å². The standard InChI is InChI=1S/C19H39Cl/c1-5-8-11-12-13-14-16-18(15-9-6-2)19(4,20)17-10-7-3/h18H,5-17H2,1-4H3. The van der Waals surface area contributed by atoms with Crippen LogP contribution < -0.4 is 0 Å². The van der Waals surface area contributed by atoms with E-state index in [0.29, 0.717) is 0 Å². The third-order valence-electron chi connectivity index (χ3n) is 4.68. The van der Waals surface area contributed by atoms with Gasteiger partial charge in [0.15, 0.2) is 0 Å². The first-order valence-corrected chi connectivity index (χ1v) is 9.65. The van der Waals surface area contributed by atoms with Gasteiger partial charge in [0.05, 0.1) is 0 Å². The summed E-state index contributed by atoms with van der Waals surface area (Å²) < 4.78 is 0. The Labute approximate surface area is 134 Å². The molecule has 122 valence electrons. The van der Waals surface area contributed by atoms with Crippen LogP contribution in [0.5, 0.6) is 0 Å². The van der Waals surface area contributed by atoms with Gasteiger partial charge in [-0.1, -0.05) is 85.0 Å². The van der Waals surface area contributed by atoms with Crippen molar-refractivity contribution in [3.05, 3.63) is 0 Å². The Balaban J connectivity index is 4.06. The molecule has 0 nitrogen and oxygen atoms in total. The van der Waals surface area contributed by atoms with E-state index in [1.165, 1.54) is 83.5 Å². The van der Waals surface area contributed by atoms with Crippen LogP contribution in [0.3, 0.4) is 0 Å². The van der Waals surface area contributed by atoms with Gasteiger partial charge in [0, 0.05) is 4.87 Å². The van der Waals surface area contributed by atoms with Crippen LogP contribution in [-0.4, -0.2) is 4.87 Å². The summed E-state index contributed by atoms with van der Waals surface area (Å²) in [4.78, 5) is 0.0363. The fraction of sp³-hybridized carbons (Fsp3) is 1.00. The lowest BCUT2D eigenvalue weighted by Gasteiger charge is -2.32. The molecule has 20 heavy (non-hydrogen) atoms. The maximum atomic E-state index is 6.88. The molecule has 0 saturated heterocycles. The molecule has 0 fully saturated rings. The number of hydrogen-bond donors (Lipinski definition) is 0. The maximum Gasteiger partial charge on any atom is 0.0446 e. The number of unbranched alkanes of at least 4 members (excludes halogenated alkanes) is 7. The maximum absolute atomic E-state index is 6.88. The summed E-state index contributed by atoms with van der Waals surface area (Å²) in [5, 5.41) is 0. The third-order valence-corrected chi connectivity index (χ3v) is 5.18. The molecule has 0 saturated carbocycles. The van der Waals surface area contributed by atoms with Gasteiger partial charge in [-0.05, 0) is 32.1 Å². The topological polar surface area (TPSA) is 0 Å². The normalized spacial score (nSPS) is 16.1. The Morgan fingerprint density at radius 3 is 1.80 bits per heavy atom. The zero-order valence-corrected chi connectivity index (χ0v) is 15.4. The molecular formula is C19H39Cl. The highest BCUT2D eigenvalue weighted by molar-refractivity contribution is 6.23. The molecule has 0 bridgehead atoms. The minimum absolute atomic E-state index is 0.0363. The number of alkyl halides is 1. The van der Waals surface area contributed by atoms with E-state index in [-0.39, 0.29) is 4.87 Å². The largest absolute Gasteiger partial charge is 0.119 e. The summed E-state index contributed by atoms with van der Waals surface area (Å²) in [5.74, 6) is 0.724. The summed E-state index contributed by atoms with van der Waals surface area (Å²) in [6.45, 7) is 9.14. The summed E-state index contributed by atoms with van der Waals surface area (Å²) in [6, 6.07) is 0. The fourth-order valence-electron chi connectivity index (χ4n) is 3.09. The lowest BCUT2D eigenvalue weighted by atomic mass is 9.81. The van der Waals surface area contributed by atoms with Gasteiger partial charge in [-0.3, -0.25) is 0 Å². The third kappa shape index (κ3) is 10.1. The first-order valence-electron chi connectivity index (χ1n) is 9.27. The molecule has 0 aromatic heterocycles. The van der Waals surface area contributed by atoms with Crippen molar-refractivity contribution in [3.8, 4) is 0 Å². The van der Waals surface area contributed by atoms with Gasteiger partial charge in [-0.2, -0.15) is 0 Å². The van der Waals surface area contributed by atoms with Gasteiger partial charge in [0.2, 0.25) is 0 Å². The predicted octanol–water partition coefficient (Wildman–Crippen LogP) is 7.73. The van der Waals surface area contributed by atoms with Crippen molar-refractivity contribution in [1.29, 1.82) is 0 Å². The average Bonchev–Trinajstić information content (AvgIpc) is 2.43. The zero-order valence-electron chi connectivity index (χ0n) is 14.6. The van der Waals surface area contributed by atoms with Crippen LogP contribution in [-0.2, 0) is 0 Å². The Kier molecular flexibility index (Phi) is 13.2. The Hall–Kier alpha value is 0.290. The van der Waals surface area contributed by atoms with E-state index in [2.05, 4.69) is 27.7 Å². The molecule has 2 atom stereocenters. The van der Waals surface area contributed by atoms with Crippen LogP contribution >= 0.6 is 11.6 Å². The van der Waals surface area contributed by atoms with Crippen LogP contribution in [0.15, 0.2) is 0 Å². The molecule has 0 heterocycles. The summed E-state index contributed by atoms with van der Waals surface area (Å²) in [6.07, 6.45) is 17.4. The van der Waals surface area contributed by atoms with Crippen LogP contribution in [0.2, 0.25) is 0 Å². The van der Waals surface area contributed by atoms with Crippen LogP contribution in [0, 0.1) is 5.92 Å². The minimum Gasteiger partial charge on any atom is -0.119 e. The van der Waals surface area contributed by atoms with E-state index >= 15 is 0 Å². The zero-order chi connectivity index (χ0) is 15.3. The quantitative estimate of drug-likeness (QED) is 0.227. The van der Waals surface area contributed by atoms with Gasteiger partial charge in [0.1, 0.15) is 0 Å². The molecule has 0 aliphatic heterocycles. The highest BCUT2D eigenvalue weighted by Crippen LogP contribution is 2.37. The Bertz CT molecular complexity index is 198. The molecular weight excluding hydrogens is 264 g/mol. The van der Waals surface area contributed by atoms with Crippen LogP contribution in [0.1, 0.15) is 111 Å². The second kappa shape index (κ2) is 13.0. The van der Waals surface area contributed by atoms with E-state index in [0.717, 1.165) is 5.92 Å². The highest BCUT2D eigenvalue weighted by Gasteiger charge is 2.30. The number of halogens is 1. The van der Waals surface area contributed by atoms with E-state index in [1.807, 2.05) is 0 Å². The molecule has 0 radical (unpaired) electrons. The van der Waals surface area contributed by atoms with Gasteiger partial charge >= 0.3 is 0 Å². The van der Waals surface area contributed by atoms with Crippen molar-refractivity contribution in [3.63, 3.8) is 0 Å². The molecule has 0 rings (SSSR count). The van der Waals surface area contributed by atoms with Crippen LogP contribution in [0.4, 0.5) is 0 Å². The lowest BCUT2D eigenvalue weighted by Crippen LogP contribution is -2.28. The molecule has 0 spiro atoms. The second-order valence-corrected chi connectivity index (χ2v) is 7.64. The second-order valence-electron chi connectivity index (χ2n) is 6.78. The predicted molar refractivity (Wildman–Crippen MR) is 94.8 cm³/mol. The van der Waals surface area contributed by atoms with Gasteiger partial charge < -0.3 is 0 Å². The first-order chi connectivity index (χ1) is 9.58. The molecule has 1 heteroatoms. The average molecular weight is 303 g/mol. The fourth-order valence-corrected chi connectivity index (χ4v) is 3.45. The van der Waals surface area contributed by atoms with Gasteiger partial charge in [-0.25, -0.2) is 0 Å². The minimum atomic E-state index is 0.0363. The number of hydrogen-bond acceptors (Lipinski definition) is 0. The Morgan fingerprint density at radius 1 is 0.700 bits per heavy atom. The molecule has 0 N–H and O–H groups in total. The monoisotopic (exact) mass is 302 g/mol. The summed E-state index contributed by atoms with van der Waals surface area (Å²) in [5.41, 5.74) is 0. The highest BCUT2D eigenvalue weighted by atomic mass is 35.5. The molecule has 0 aliphatic carbocycles. The van der Waals surface area contributed by atoms with Crippen molar-refractivity contribution < 1.29 is 0 Å². The summed E-state index contributed by atoms with van der Waals surface area (Å²) in [7, 11) is 0. The summed E-state index contributed by atoms with van der Waals surface area (Å²) >= 11 is 6.88. The van der Waals surface area contributed by atoms with Crippen LogP contribution in [0.25, 0.3) is 0 Å². The van der Waals surface area contributed by atoms with Crippen molar-refractivity contribution in [2.24, 2.45) is 5.92 Å². The van der Waals surface area contributed by atoms with E-state index in [9.17, 15) is 0 Å². The molecule has 0 aromatic carbocycles. The Morgan fingerprint density at radius 2 is 1.20 bits per heavy atom. The molecule has 0 aliphatic rings. The van der Waals surface area contributed by atoms with E-state index in [1.54, 1.807) is 0 Å². The van der Waals surface area contributed by atoms with Crippen molar-refractivity contribution in [2.45, 2.75) is 116 Å². The van der Waals surface area contributed by atoms with Gasteiger partial charge in [0.25, 0.3) is 0 Å². The molecule has 2 unspecified atom stereocenters. The lowest BCUT2D eigenvalue weighted by molar-refractivity contribution is 0.304. The first kappa shape index (κ1) is 20.3. The smallest absolute Gasteiger partial charge is 0.0446 e. The SMILES string of the molecule is CCCCCCCCC(CCCC)C(C)(Cl)CCCC. The van der Waals surface area contributed by atoms with Crippen molar-refractivity contribution in [1.82, 2.24) is 0 Å². The van der Waals surface area contributed by atoms with Crippen molar-refractivity contribution >= 4 is 11.6 Å². The number of rotatable bonds is 14. The molecule has 0 amide bonds. The molecule has 0 aromatic rings. The van der Waals surface area contributed by atoms with E-state index in [4.69, 9.17) is 11.6 Å². The van der Waals surface area contributed by atoms with Gasteiger partial charge in [-0.15, -0.1) is 11.6 Å².